The molecule has 0 amide bonds. The van der Waals surface area contributed by atoms with Crippen molar-refractivity contribution >= 4 is 22.7 Å². The van der Waals surface area contributed by atoms with Crippen molar-refractivity contribution in [2.24, 2.45) is 7.05 Å². The van der Waals surface area contributed by atoms with E-state index in [4.69, 9.17) is 0 Å². The third-order valence-electron chi connectivity index (χ3n) is 4.17. The van der Waals surface area contributed by atoms with Gasteiger partial charge < -0.3 is 9.88 Å². The van der Waals surface area contributed by atoms with Crippen molar-refractivity contribution in [3.05, 3.63) is 59.8 Å². The van der Waals surface area contributed by atoms with Crippen molar-refractivity contribution in [2.45, 2.75) is 29.6 Å². The second-order valence-electron chi connectivity index (χ2n) is 6.04. The van der Waals surface area contributed by atoms with Crippen molar-refractivity contribution < 1.29 is 0 Å². The van der Waals surface area contributed by atoms with Crippen LogP contribution in [-0.2, 0) is 13.5 Å². The summed E-state index contributed by atoms with van der Waals surface area (Å²) in [4.78, 5) is 2.71. The third kappa shape index (κ3) is 3.62. The summed E-state index contributed by atoms with van der Waals surface area (Å²) in [5, 5.41) is 4.58. The molecule has 2 nitrogen and oxygen atoms in total. The van der Waals surface area contributed by atoms with Gasteiger partial charge in [-0.25, -0.2) is 0 Å². The fourth-order valence-corrected chi connectivity index (χ4v) is 4.10. The molecule has 0 unspecified atom stereocenters. The lowest BCUT2D eigenvalue weighted by atomic mass is 10.1. The minimum absolute atomic E-state index is 1.06. The molecule has 0 bridgehead atoms. The Kier molecular flexibility index (Phi) is 5.09. The summed E-state index contributed by atoms with van der Waals surface area (Å²) in [6.07, 6.45) is 4.54. The number of rotatable bonds is 6. The standard InChI is InChI=1S/C20H24N2S/c1-15-10-11-18-17(13-15)20(14-22(18)3)23-19-9-5-4-7-16(19)8-6-12-21-2/h4-5,7,9-11,13-14,21H,6,8,12H2,1-3H3. The van der Waals surface area contributed by atoms with E-state index in [1.165, 1.54) is 38.2 Å². The van der Waals surface area contributed by atoms with Gasteiger partial charge in [-0.3, -0.25) is 0 Å². The highest BCUT2D eigenvalue weighted by atomic mass is 32.2. The van der Waals surface area contributed by atoms with Crippen LogP contribution in [0.4, 0.5) is 0 Å². The van der Waals surface area contributed by atoms with Gasteiger partial charge in [0.25, 0.3) is 0 Å². The molecule has 0 saturated heterocycles. The second-order valence-corrected chi connectivity index (χ2v) is 7.13. The molecule has 120 valence electrons. The average Bonchev–Trinajstić information content (AvgIpc) is 2.85. The van der Waals surface area contributed by atoms with Crippen LogP contribution in [0.5, 0.6) is 0 Å². The van der Waals surface area contributed by atoms with Gasteiger partial charge in [-0.05, 0) is 57.1 Å². The van der Waals surface area contributed by atoms with E-state index in [-0.39, 0.29) is 0 Å². The van der Waals surface area contributed by atoms with Crippen LogP contribution in [0.25, 0.3) is 10.9 Å². The predicted octanol–water partition coefficient (Wildman–Crippen LogP) is 4.79. The highest BCUT2D eigenvalue weighted by Crippen LogP contribution is 2.37. The zero-order valence-corrected chi connectivity index (χ0v) is 14.9. The Labute approximate surface area is 142 Å². The lowest BCUT2D eigenvalue weighted by Crippen LogP contribution is -2.08. The maximum atomic E-state index is 3.23. The van der Waals surface area contributed by atoms with Crippen LogP contribution >= 0.6 is 11.8 Å². The van der Waals surface area contributed by atoms with Crippen molar-refractivity contribution in [1.29, 1.82) is 0 Å². The van der Waals surface area contributed by atoms with Gasteiger partial charge in [0.2, 0.25) is 0 Å². The largest absolute Gasteiger partial charge is 0.349 e. The molecule has 1 heterocycles. The Morgan fingerprint density at radius 1 is 1.09 bits per heavy atom. The first-order valence-corrected chi connectivity index (χ1v) is 8.96. The summed E-state index contributed by atoms with van der Waals surface area (Å²) < 4.78 is 2.22. The van der Waals surface area contributed by atoms with E-state index in [2.05, 4.69) is 72.5 Å². The smallest absolute Gasteiger partial charge is 0.0489 e. The fraction of sp³-hybridized carbons (Fsp3) is 0.300. The molecule has 0 fully saturated rings. The van der Waals surface area contributed by atoms with Crippen LogP contribution in [0.15, 0.2) is 58.5 Å². The van der Waals surface area contributed by atoms with E-state index in [1.807, 2.05) is 18.8 Å². The molecule has 3 rings (SSSR count). The highest BCUT2D eigenvalue weighted by Gasteiger charge is 2.10. The molecule has 0 aliphatic heterocycles. The van der Waals surface area contributed by atoms with Gasteiger partial charge in [0.1, 0.15) is 0 Å². The van der Waals surface area contributed by atoms with E-state index in [9.17, 15) is 0 Å². The Morgan fingerprint density at radius 3 is 2.74 bits per heavy atom. The van der Waals surface area contributed by atoms with Gasteiger partial charge in [0.05, 0.1) is 0 Å². The van der Waals surface area contributed by atoms with Crippen molar-refractivity contribution in [3.63, 3.8) is 0 Å². The van der Waals surface area contributed by atoms with Gasteiger partial charge in [0.15, 0.2) is 0 Å². The number of aryl methyl sites for hydroxylation is 3. The molecule has 2 aromatic carbocycles. The molecule has 0 radical (unpaired) electrons. The number of aromatic nitrogens is 1. The van der Waals surface area contributed by atoms with Gasteiger partial charge in [-0.15, -0.1) is 0 Å². The average molecular weight is 324 g/mol. The lowest BCUT2D eigenvalue weighted by molar-refractivity contribution is 0.720. The van der Waals surface area contributed by atoms with E-state index >= 15 is 0 Å². The molecule has 0 aliphatic rings. The number of hydrogen-bond acceptors (Lipinski definition) is 2. The fourth-order valence-electron chi connectivity index (χ4n) is 2.94. The molecule has 3 heteroatoms. The number of fused-ring (bicyclic) bond motifs is 1. The highest BCUT2D eigenvalue weighted by molar-refractivity contribution is 7.99. The first-order chi connectivity index (χ1) is 11.2. The summed E-state index contributed by atoms with van der Waals surface area (Å²) >= 11 is 1.89. The molecular weight excluding hydrogens is 300 g/mol. The molecule has 0 saturated carbocycles. The molecule has 0 aliphatic carbocycles. The van der Waals surface area contributed by atoms with Gasteiger partial charge >= 0.3 is 0 Å². The van der Waals surface area contributed by atoms with Crippen LogP contribution in [0.1, 0.15) is 17.5 Å². The van der Waals surface area contributed by atoms with Gasteiger partial charge in [-0.1, -0.05) is 41.6 Å². The molecule has 0 atom stereocenters. The van der Waals surface area contributed by atoms with Crippen molar-refractivity contribution in [2.75, 3.05) is 13.6 Å². The Balaban J connectivity index is 1.92. The number of benzene rings is 2. The van der Waals surface area contributed by atoms with E-state index in [0.29, 0.717) is 0 Å². The first kappa shape index (κ1) is 16.2. The lowest BCUT2D eigenvalue weighted by Gasteiger charge is -2.08. The van der Waals surface area contributed by atoms with E-state index in [0.717, 1.165) is 13.0 Å². The second kappa shape index (κ2) is 7.24. The molecule has 1 aromatic heterocycles. The molecular formula is C20H24N2S. The monoisotopic (exact) mass is 324 g/mol. The topological polar surface area (TPSA) is 17.0 Å². The number of nitrogens with zero attached hydrogens (tertiary/aromatic N) is 1. The minimum Gasteiger partial charge on any atom is -0.349 e. The zero-order chi connectivity index (χ0) is 16.2. The van der Waals surface area contributed by atoms with Crippen LogP contribution in [0.3, 0.4) is 0 Å². The summed E-state index contributed by atoms with van der Waals surface area (Å²) in [5.41, 5.74) is 4.05. The Bertz CT molecular complexity index is 805. The zero-order valence-electron chi connectivity index (χ0n) is 14.1. The normalized spacial score (nSPS) is 11.3. The summed E-state index contributed by atoms with van der Waals surface area (Å²) in [5.74, 6) is 0. The SMILES string of the molecule is CNCCCc1ccccc1Sc1cn(C)c2ccc(C)cc12. The maximum Gasteiger partial charge on any atom is 0.0489 e. The van der Waals surface area contributed by atoms with Crippen LogP contribution in [-0.4, -0.2) is 18.2 Å². The molecule has 0 spiro atoms. The van der Waals surface area contributed by atoms with Crippen molar-refractivity contribution in [3.8, 4) is 0 Å². The molecule has 23 heavy (non-hydrogen) atoms. The van der Waals surface area contributed by atoms with Crippen LogP contribution in [0.2, 0.25) is 0 Å². The molecule has 1 N–H and O–H groups in total. The van der Waals surface area contributed by atoms with E-state index in [1.54, 1.807) is 0 Å². The third-order valence-corrected chi connectivity index (χ3v) is 5.34. The summed E-state index contributed by atoms with van der Waals surface area (Å²) in [6, 6.07) is 15.5. The van der Waals surface area contributed by atoms with Crippen molar-refractivity contribution in [1.82, 2.24) is 9.88 Å². The van der Waals surface area contributed by atoms with Gasteiger partial charge in [0, 0.05) is 33.9 Å². The summed E-state index contributed by atoms with van der Waals surface area (Å²) in [6.45, 7) is 3.22. The number of hydrogen-bond donors (Lipinski definition) is 1. The minimum atomic E-state index is 1.06. The Hall–Kier alpha value is -1.71. The van der Waals surface area contributed by atoms with Gasteiger partial charge in [-0.2, -0.15) is 0 Å². The summed E-state index contributed by atoms with van der Waals surface area (Å²) in [7, 11) is 4.14. The first-order valence-electron chi connectivity index (χ1n) is 8.15. The van der Waals surface area contributed by atoms with Crippen LogP contribution in [0, 0.1) is 6.92 Å². The van der Waals surface area contributed by atoms with Crippen LogP contribution < -0.4 is 5.32 Å². The maximum absolute atomic E-state index is 3.23. The van der Waals surface area contributed by atoms with E-state index < -0.39 is 0 Å². The Morgan fingerprint density at radius 2 is 1.91 bits per heavy atom. The number of nitrogens with one attached hydrogen (secondary N) is 1. The predicted molar refractivity (Wildman–Crippen MR) is 100 cm³/mol. The molecule has 3 aromatic rings. The quantitative estimate of drug-likeness (QED) is 0.657.